The number of carbonyl (C=O) groups excluding carboxylic acids is 2. The van der Waals surface area contributed by atoms with E-state index in [2.05, 4.69) is 0 Å². The minimum absolute atomic E-state index is 0.0190. The fourth-order valence-corrected chi connectivity index (χ4v) is 4.56. The molecule has 124 valence electrons. The molecule has 1 saturated carbocycles. The molecule has 2 saturated heterocycles. The zero-order valence-electron chi connectivity index (χ0n) is 13.5. The van der Waals surface area contributed by atoms with Gasteiger partial charge >= 0.3 is 11.9 Å². The Balaban J connectivity index is 2.00. The van der Waals surface area contributed by atoms with Crippen LogP contribution in [0.5, 0.6) is 0 Å². The van der Waals surface area contributed by atoms with Gasteiger partial charge in [-0.2, -0.15) is 0 Å². The number of fused-ring (bicyclic) bond motifs is 3. The van der Waals surface area contributed by atoms with Crippen LogP contribution in [0.15, 0.2) is 0 Å². The van der Waals surface area contributed by atoms with Crippen molar-refractivity contribution in [2.75, 3.05) is 6.61 Å². The fourth-order valence-electron chi connectivity index (χ4n) is 4.56. The van der Waals surface area contributed by atoms with Crippen molar-refractivity contribution in [2.24, 2.45) is 23.7 Å². The second-order valence-electron chi connectivity index (χ2n) is 7.30. The first-order valence-electron chi connectivity index (χ1n) is 7.92. The number of hydrogen-bond acceptors (Lipinski definition) is 6. The molecule has 6 heteroatoms. The maximum absolute atomic E-state index is 12.0. The van der Waals surface area contributed by atoms with Gasteiger partial charge in [-0.25, -0.2) is 0 Å². The van der Waals surface area contributed by atoms with E-state index in [9.17, 15) is 14.7 Å². The highest BCUT2D eigenvalue weighted by Gasteiger charge is 2.63. The minimum atomic E-state index is -1.39. The third kappa shape index (κ3) is 2.24. The van der Waals surface area contributed by atoms with Crippen LogP contribution >= 0.6 is 0 Å². The summed E-state index contributed by atoms with van der Waals surface area (Å²) in [5.74, 6) is -2.72. The Labute approximate surface area is 130 Å². The smallest absolute Gasteiger partial charge is 0.309 e. The van der Waals surface area contributed by atoms with E-state index in [0.29, 0.717) is 6.42 Å². The van der Waals surface area contributed by atoms with Crippen molar-refractivity contribution in [3.8, 4) is 0 Å². The van der Waals surface area contributed by atoms with Gasteiger partial charge in [-0.1, -0.05) is 6.92 Å². The third-order valence-electron chi connectivity index (χ3n) is 5.78. The summed E-state index contributed by atoms with van der Waals surface area (Å²) in [5.41, 5.74) is -0.715. The maximum atomic E-state index is 12.0. The molecule has 2 heterocycles. The van der Waals surface area contributed by atoms with E-state index in [4.69, 9.17) is 14.2 Å². The molecule has 6 nitrogen and oxygen atoms in total. The minimum Gasteiger partial charge on any atom is -0.461 e. The molecule has 0 aromatic carbocycles. The zero-order chi connectivity index (χ0) is 16.3. The van der Waals surface area contributed by atoms with Gasteiger partial charge in [0.25, 0.3) is 0 Å². The van der Waals surface area contributed by atoms with Crippen LogP contribution in [0.2, 0.25) is 0 Å². The summed E-state index contributed by atoms with van der Waals surface area (Å²) in [6.07, 6.45) is 0.974. The molecule has 3 aliphatic rings. The van der Waals surface area contributed by atoms with E-state index >= 15 is 0 Å². The summed E-state index contributed by atoms with van der Waals surface area (Å²) < 4.78 is 16.8. The van der Waals surface area contributed by atoms with E-state index in [1.165, 1.54) is 6.92 Å². The quantitative estimate of drug-likeness (QED) is 0.734. The van der Waals surface area contributed by atoms with Crippen LogP contribution in [0.25, 0.3) is 0 Å². The molecular formula is C16H24O6. The van der Waals surface area contributed by atoms with Gasteiger partial charge in [0.15, 0.2) is 5.79 Å². The standard InChI is InChI=1S/C16H24O6/c1-8-10-5-6-15(3,22-9(2)17)11-7-20-16(4,19)12(11)13(10)21-14(8)18/h8,10-13,19H,5-7H2,1-4H3/t8-,10-,11+,12+,13-,15+,16+/m0/s1. The van der Waals surface area contributed by atoms with Gasteiger partial charge in [0.2, 0.25) is 0 Å². The number of carbonyl (C=O) groups is 2. The Kier molecular flexibility index (Phi) is 3.53. The summed E-state index contributed by atoms with van der Waals surface area (Å²) in [7, 11) is 0. The molecule has 0 aromatic rings. The van der Waals surface area contributed by atoms with Crippen molar-refractivity contribution in [3.05, 3.63) is 0 Å². The Hall–Kier alpha value is -1.14. The molecule has 0 aromatic heterocycles. The van der Waals surface area contributed by atoms with Crippen molar-refractivity contribution in [1.29, 1.82) is 0 Å². The van der Waals surface area contributed by atoms with E-state index in [1.807, 2.05) is 13.8 Å². The summed E-state index contributed by atoms with van der Waals surface area (Å²) in [6.45, 7) is 7.04. The number of ether oxygens (including phenoxy) is 3. The van der Waals surface area contributed by atoms with Crippen molar-refractivity contribution >= 4 is 11.9 Å². The van der Waals surface area contributed by atoms with E-state index < -0.39 is 17.3 Å². The summed E-state index contributed by atoms with van der Waals surface area (Å²) in [5, 5.41) is 10.6. The first-order chi connectivity index (χ1) is 10.2. The lowest BCUT2D eigenvalue weighted by Gasteiger charge is -2.38. The first-order valence-corrected chi connectivity index (χ1v) is 7.92. The highest BCUT2D eigenvalue weighted by atomic mass is 16.6. The first kappa shape index (κ1) is 15.7. The average Bonchev–Trinajstić information content (AvgIpc) is 2.80. The molecule has 3 fully saturated rings. The van der Waals surface area contributed by atoms with Gasteiger partial charge in [0.05, 0.1) is 18.4 Å². The normalized spacial score (nSPS) is 50.8. The lowest BCUT2D eigenvalue weighted by molar-refractivity contribution is -0.204. The van der Waals surface area contributed by atoms with Crippen LogP contribution in [0, 0.1) is 23.7 Å². The zero-order valence-corrected chi connectivity index (χ0v) is 13.5. The van der Waals surface area contributed by atoms with Gasteiger partial charge in [-0.3, -0.25) is 9.59 Å². The second-order valence-corrected chi connectivity index (χ2v) is 7.30. The van der Waals surface area contributed by atoms with E-state index in [1.54, 1.807) is 6.92 Å². The third-order valence-corrected chi connectivity index (χ3v) is 5.78. The molecule has 22 heavy (non-hydrogen) atoms. The molecule has 0 bridgehead atoms. The van der Waals surface area contributed by atoms with Crippen LogP contribution < -0.4 is 0 Å². The van der Waals surface area contributed by atoms with Gasteiger partial charge in [0, 0.05) is 18.8 Å². The van der Waals surface area contributed by atoms with Crippen LogP contribution in [-0.2, 0) is 23.8 Å². The van der Waals surface area contributed by atoms with Crippen LogP contribution in [-0.4, -0.2) is 41.1 Å². The number of hydrogen-bond donors (Lipinski definition) is 1. The van der Waals surface area contributed by atoms with Crippen molar-refractivity contribution < 1.29 is 28.9 Å². The highest BCUT2D eigenvalue weighted by Crippen LogP contribution is 2.54. The number of esters is 2. The average molecular weight is 312 g/mol. The SMILES string of the molecule is CC(=O)O[C@]1(C)CC[C@@H]2[C@H](OC(=O)[C@H]2C)[C@H]2[C@H]1CO[C@@]2(C)O. The van der Waals surface area contributed by atoms with Crippen molar-refractivity contribution in [1.82, 2.24) is 0 Å². The van der Waals surface area contributed by atoms with Gasteiger partial charge in [0.1, 0.15) is 11.7 Å². The predicted molar refractivity (Wildman–Crippen MR) is 75.5 cm³/mol. The fraction of sp³-hybridized carbons (Fsp3) is 0.875. The highest BCUT2D eigenvalue weighted by molar-refractivity contribution is 5.75. The van der Waals surface area contributed by atoms with Crippen LogP contribution in [0.1, 0.15) is 40.5 Å². The Morgan fingerprint density at radius 3 is 2.73 bits per heavy atom. The van der Waals surface area contributed by atoms with E-state index in [-0.39, 0.29) is 42.4 Å². The van der Waals surface area contributed by atoms with Gasteiger partial charge in [-0.05, 0) is 26.7 Å². The van der Waals surface area contributed by atoms with Crippen LogP contribution in [0.3, 0.4) is 0 Å². The Morgan fingerprint density at radius 2 is 2.09 bits per heavy atom. The van der Waals surface area contributed by atoms with Crippen molar-refractivity contribution in [3.63, 3.8) is 0 Å². The lowest BCUT2D eigenvalue weighted by atomic mass is 9.74. The van der Waals surface area contributed by atoms with Crippen LogP contribution in [0.4, 0.5) is 0 Å². The summed E-state index contributed by atoms with van der Waals surface area (Å²) in [6, 6.07) is 0. The van der Waals surface area contributed by atoms with Crippen molar-refractivity contribution in [2.45, 2.75) is 58.0 Å². The largest absolute Gasteiger partial charge is 0.461 e. The molecule has 0 unspecified atom stereocenters. The molecular weight excluding hydrogens is 288 g/mol. The molecule has 2 aliphatic heterocycles. The van der Waals surface area contributed by atoms with Gasteiger partial charge in [-0.15, -0.1) is 0 Å². The van der Waals surface area contributed by atoms with Gasteiger partial charge < -0.3 is 19.3 Å². The molecule has 0 amide bonds. The summed E-state index contributed by atoms with van der Waals surface area (Å²) >= 11 is 0. The molecule has 1 aliphatic carbocycles. The number of aliphatic hydroxyl groups is 1. The molecule has 1 N–H and O–H groups in total. The molecule has 3 rings (SSSR count). The molecule has 0 spiro atoms. The summed E-state index contributed by atoms with van der Waals surface area (Å²) in [4.78, 5) is 23.5. The topological polar surface area (TPSA) is 82.1 Å². The number of rotatable bonds is 1. The second kappa shape index (κ2) is 4.93. The van der Waals surface area contributed by atoms with E-state index in [0.717, 1.165) is 6.42 Å². The lowest BCUT2D eigenvalue weighted by Crippen LogP contribution is -2.49. The maximum Gasteiger partial charge on any atom is 0.309 e. The Bertz CT molecular complexity index is 501. The predicted octanol–water partition coefficient (Wildman–Crippen LogP) is 1.25. The molecule has 7 atom stereocenters. The Morgan fingerprint density at radius 1 is 1.41 bits per heavy atom. The monoisotopic (exact) mass is 312 g/mol. The molecule has 0 radical (unpaired) electrons.